The molecule has 1 aliphatic heterocycles. The van der Waals surface area contributed by atoms with E-state index in [0.717, 1.165) is 17.0 Å². The van der Waals surface area contributed by atoms with Crippen molar-refractivity contribution in [2.75, 3.05) is 26.2 Å². The molecule has 1 aromatic rings. The quantitative estimate of drug-likeness (QED) is 0.548. The Hall–Kier alpha value is -2.34. The predicted molar refractivity (Wildman–Crippen MR) is 94.6 cm³/mol. The third-order valence-electron chi connectivity index (χ3n) is 3.78. The Morgan fingerprint density at radius 1 is 1.21 bits per heavy atom. The lowest BCUT2D eigenvalue weighted by molar-refractivity contribution is -0.387. The maximum absolute atomic E-state index is 14.4. The molecule has 0 N–H and O–H groups in total. The summed E-state index contributed by atoms with van der Waals surface area (Å²) in [7, 11) is -4.58. The molecule has 1 heterocycles. The van der Waals surface area contributed by atoms with Crippen molar-refractivity contribution in [3.05, 3.63) is 34.4 Å². The highest BCUT2D eigenvalue weighted by atomic mass is 32.2. The first kappa shape index (κ1) is 22.0. The van der Waals surface area contributed by atoms with Crippen molar-refractivity contribution in [1.82, 2.24) is 9.21 Å². The van der Waals surface area contributed by atoms with Crippen molar-refractivity contribution in [1.29, 1.82) is 0 Å². The molecule has 9 nitrogen and oxygen atoms in total. The highest BCUT2D eigenvalue weighted by molar-refractivity contribution is 7.89. The van der Waals surface area contributed by atoms with Crippen LogP contribution in [0.15, 0.2) is 29.2 Å². The number of carbonyl (C=O) groups is 1. The maximum Gasteiger partial charge on any atom is 0.410 e. The van der Waals surface area contributed by atoms with Gasteiger partial charge in [-0.05, 0) is 26.8 Å². The summed E-state index contributed by atoms with van der Waals surface area (Å²) in [6, 6.07) is 4.51. The number of carbonyl (C=O) groups excluding carboxylic acids is 1. The van der Waals surface area contributed by atoms with E-state index in [0.29, 0.717) is 4.31 Å². The molecule has 0 aromatic heterocycles. The van der Waals surface area contributed by atoms with Gasteiger partial charge in [0.2, 0.25) is 10.0 Å². The molecule has 1 fully saturated rings. The van der Waals surface area contributed by atoms with E-state index in [1.165, 1.54) is 12.1 Å². The van der Waals surface area contributed by atoms with Gasteiger partial charge in [-0.25, -0.2) is 22.0 Å². The third-order valence-corrected chi connectivity index (χ3v) is 5.67. The molecule has 0 radical (unpaired) electrons. The first-order valence-electron chi connectivity index (χ1n) is 8.32. The number of sulfonamides is 1. The van der Waals surface area contributed by atoms with E-state index in [4.69, 9.17) is 4.74 Å². The second kappa shape index (κ2) is 7.59. The Morgan fingerprint density at radius 3 is 2.39 bits per heavy atom. The molecule has 0 aliphatic carbocycles. The molecule has 1 aliphatic rings. The fourth-order valence-corrected chi connectivity index (χ4v) is 4.25. The van der Waals surface area contributed by atoms with Gasteiger partial charge in [-0.15, -0.1) is 0 Å². The van der Waals surface area contributed by atoms with Gasteiger partial charge < -0.3 is 9.64 Å². The summed E-state index contributed by atoms with van der Waals surface area (Å²) in [6.45, 7) is 1.70. The molecule has 2 rings (SSSR count). The number of nitrogens with zero attached hydrogens (tertiary/aromatic N) is 3. The minimum atomic E-state index is -4.58. The molecular weight excluding hydrogens is 400 g/mol. The Labute approximate surface area is 161 Å². The van der Waals surface area contributed by atoms with E-state index < -0.39 is 62.8 Å². The van der Waals surface area contributed by atoms with Gasteiger partial charge in [-0.3, -0.25) is 10.1 Å². The Morgan fingerprint density at radius 2 is 1.82 bits per heavy atom. The highest BCUT2D eigenvalue weighted by Crippen LogP contribution is 2.30. The van der Waals surface area contributed by atoms with E-state index in [-0.39, 0.29) is 6.54 Å². The smallest absolute Gasteiger partial charge is 0.410 e. The monoisotopic (exact) mass is 421 g/mol. The lowest BCUT2D eigenvalue weighted by Gasteiger charge is -2.27. The average Bonchev–Trinajstić information content (AvgIpc) is 2.72. The zero-order valence-corrected chi connectivity index (χ0v) is 16.4. The topological polar surface area (TPSA) is 110 Å². The maximum atomic E-state index is 14.4. The third kappa shape index (κ3) is 5.13. The summed E-state index contributed by atoms with van der Waals surface area (Å²) in [4.78, 5) is 22.4. The molecule has 1 amide bonds. The second-order valence-corrected chi connectivity index (χ2v) is 9.23. The average molecular weight is 421 g/mol. The number of hydrogen-bond donors (Lipinski definition) is 0. The van der Waals surface area contributed by atoms with Crippen molar-refractivity contribution >= 4 is 21.8 Å². The van der Waals surface area contributed by atoms with Gasteiger partial charge in [-0.1, -0.05) is 12.1 Å². The number of amides is 1. The molecule has 0 unspecified atom stereocenters. The van der Waals surface area contributed by atoms with Crippen LogP contribution in [0.3, 0.4) is 0 Å². The number of benzene rings is 1. The van der Waals surface area contributed by atoms with Gasteiger partial charge in [0.15, 0.2) is 4.90 Å². The van der Waals surface area contributed by atoms with Crippen molar-refractivity contribution < 1.29 is 31.7 Å². The summed E-state index contributed by atoms with van der Waals surface area (Å²) in [5, 5.41) is 11.1. The van der Waals surface area contributed by atoms with Crippen molar-refractivity contribution in [3.63, 3.8) is 0 Å². The van der Waals surface area contributed by atoms with Crippen molar-refractivity contribution in [2.24, 2.45) is 0 Å². The molecule has 0 atom stereocenters. The first-order valence-corrected chi connectivity index (χ1v) is 9.76. The number of nitro groups is 1. The molecular formula is C16H21F2N3O6S. The number of halogens is 2. The minimum Gasteiger partial charge on any atom is -0.444 e. The van der Waals surface area contributed by atoms with Gasteiger partial charge in [0, 0.05) is 19.2 Å². The fourth-order valence-electron chi connectivity index (χ4n) is 2.63. The number of para-hydroxylation sites is 1. The van der Waals surface area contributed by atoms with Gasteiger partial charge >= 0.3 is 6.09 Å². The molecule has 1 aromatic carbocycles. The van der Waals surface area contributed by atoms with Crippen LogP contribution in [0.1, 0.15) is 20.8 Å². The lowest BCUT2D eigenvalue weighted by atomic mass is 10.2. The van der Waals surface area contributed by atoms with Crippen molar-refractivity contribution in [2.45, 2.75) is 37.2 Å². The number of ether oxygens (including phenoxy) is 1. The molecule has 28 heavy (non-hydrogen) atoms. The van der Waals surface area contributed by atoms with Crippen LogP contribution in [-0.4, -0.2) is 66.3 Å². The normalized spacial score (nSPS) is 18.4. The second-order valence-electron chi connectivity index (χ2n) is 7.32. The van der Waals surface area contributed by atoms with Crippen LogP contribution >= 0.6 is 0 Å². The van der Waals surface area contributed by atoms with Gasteiger partial charge in [-0.2, -0.15) is 4.31 Å². The van der Waals surface area contributed by atoms with Crippen molar-refractivity contribution in [3.8, 4) is 0 Å². The van der Waals surface area contributed by atoms with Gasteiger partial charge in [0.05, 0.1) is 18.0 Å². The molecule has 0 spiro atoms. The summed E-state index contributed by atoms with van der Waals surface area (Å²) < 4.78 is 59.9. The van der Waals surface area contributed by atoms with Gasteiger partial charge in [0.25, 0.3) is 11.6 Å². The number of nitro benzene ring substituents is 1. The van der Waals surface area contributed by atoms with Crippen LogP contribution in [0, 0.1) is 10.1 Å². The van der Waals surface area contributed by atoms with Gasteiger partial charge in [0.1, 0.15) is 5.60 Å². The van der Waals surface area contributed by atoms with Crippen LogP contribution < -0.4 is 0 Å². The van der Waals surface area contributed by atoms with Crippen LogP contribution in [0.5, 0.6) is 0 Å². The van der Waals surface area contributed by atoms with E-state index in [1.807, 2.05) is 0 Å². The molecule has 0 saturated carbocycles. The Kier molecular flexibility index (Phi) is 5.95. The van der Waals surface area contributed by atoms with E-state index in [9.17, 15) is 32.1 Å². The summed E-state index contributed by atoms with van der Waals surface area (Å²) in [6.07, 6.45) is -0.989. The zero-order valence-electron chi connectivity index (χ0n) is 15.6. The lowest BCUT2D eigenvalue weighted by Crippen LogP contribution is -2.44. The van der Waals surface area contributed by atoms with Crippen LogP contribution in [0.2, 0.25) is 0 Å². The fraction of sp³-hybridized carbons (Fsp3) is 0.562. The van der Waals surface area contributed by atoms with Crippen LogP contribution in [0.4, 0.5) is 19.3 Å². The standard InChI is InChI=1S/C16H21F2N3O6S/c1-15(2,3)27-14(22)19-8-9-20(11-16(17,18)10-19)28(25,26)13-7-5-4-6-12(13)21(23)24/h4-7H,8-11H2,1-3H3. The zero-order chi connectivity index (χ0) is 21.3. The summed E-state index contributed by atoms with van der Waals surface area (Å²) >= 11 is 0. The van der Waals surface area contributed by atoms with E-state index >= 15 is 0 Å². The first-order chi connectivity index (χ1) is 12.7. The number of rotatable bonds is 3. The molecule has 156 valence electrons. The molecule has 0 bridgehead atoms. The summed E-state index contributed by atoms with van der Waals surface area (Å²) in [5.74, 6) is -3.57. The van der Waals surface area contributed by atoms with Crippen LogP contribution in [0.25, 0.3) is 0 Å². The highest BCUT2D eigenvalue weighted by Gasteiger charge is 2.44. The van der Waals surface area contributed by atoms with E-state index in [1.54, 1.807) is 20.8 Å². The Bertz CT molecular complexity index is 869. The van der Waals surface area contributed by atoms with E-state index in [2.05, 4.69) is 0 Å². The summed E-state index contributed by atoms with van der Waals surface area (Å²) in [5.41, 5.74) is -1.62. The largest absolute Gasteiger partial charge is 0.444 e. The minimum absolute atomic E-state index is 0.343. The number of alkyl halides is 2. The number of hydrogen-bond acceptors (Lipinski definition) is 6. The predicted octanol–water partition coefficient (Wildman–Crippen LogP) is 2.47. The molecule has 1 saturated heterocycles. The molecule has 12 heteroatoms. The Balaban J connectivity index is 2.33. The van der Waals surface area contributed by atoms with Crippen LogP contribution in [-0.2, 0) is 14.8 Å². The SMILES string of the molecule is CC(C)(C)OC(=O)N1CCN(S(=O)(=O)c2ccccc2[N+](=O)[O-])CC(F)(F)C1.